The van der Waals surface area contributed by atoms with E-state index in [0.29, 0.717) is 13.1 Å². The number of hydrogen-bond donors (Lipinski definition) is 2. The second kappa shape index (κ2) is 9.04. The third-order valence-corrected chi connectivity index (χ3v) is 4.24. The van der Waals surface area contributed by atoms with Crippen LogP contribution in [-0.4, -0.2) is 52.4 Å². The summed E-state index contributed by atoms with van der Waals surface area (Å²) in [5.41, 5.74) is 0. The van der Waals surface area contributed by atoms with Gasteiger partial charge >= 0.3 is 0 Å². The zero-order valence-corrected chi connectivity index (χ0v) is 14.0. The van der Waals surface area contributed by atoms with Crippen molar-refractivity contribution in [2.45, 2.75) is 18.4 Å². The number of carbonyl (C=O) groups is 1. The van der Waals surface area contributed by atoms with Crippen molar-refractivity contribution in [3.05, 3.63) is 17.9 Å². The Kier molecular flexibility index (Phi) is 8.57. The van der Waals surface area contributed by atoms with Crippen molar-refractivity contribution in [2.75, 3.05) is 33.7 Å². The zero-order chi connectivity index (χ0) is 15.2. The van der Waals surface area contributed by atoms with Crippen molar-refractivity contribution in [1.82, 2.24) is 14.9 Å². The molecule has 1 aromatic rings. The number of hydrogen-bond acceptors (Lipinski definition) is 5. The molecule has 122 valence electrons. The smallest absolute Gasteiger partial charge is 0.287 e. The Labute approximate surface area is 131 Å². The molecule has 0 unspecified atom stereocenters. The molecule has 0 spiro atoms. The Morgan fingerprint density at radius 3 is 2.48 bits per heavy atom. The molecule has 0 radical (unpaired) electrons. The van der Waals surface area contributed by atoms with E-state index in [2.05, 4.69) is 17.6 Å². The molecule has 0 atom stereocenters. The molecular formula is C12H22ClN3O4S. The van der Waals surface area contributed by atoms with E-state index in [4.69, 9.17) is 4.42 Å². The summed E-state index contributed by atoms with van der Waals surface area (Å²) in [5.74, 6) is -0.440. The van der Waals surface area contributed by atoms with Gasteiger partial charge < -0.3 is 15.1 Å². The predicted octanol–water partition coefficient (Wildman–Crippen LogP) is 0.681. The van der Waals surface area contributed by atoms with E-state index in [1.165, 1.54) is 26.2 Å². The van der Waals surface area contributed by atoms with Gasteiger partial charge in [0.15, 0.2) is 5.76 Å². The van der Waals surface area contributed by atoms with Crippen LogP contribution in [0.25, 0.3) is 0 Å². The van der Waals surface area contributed by atoms with Gasteiger partial charge in [0.2, 0.25) is 5.09 Å². The van der Waals surface area contributed by atoms with Gasteiger partial charge in [-0.1, -0.05) is 6.92 Å². The van der Waals surface area contributed by atoms with Crippen LogP contribution in [0.15, 0.2) is 21.6 Å². The number of halogens is 1. The largest absolute Gasteiger partial charge is 0.438 e. The Morgan fingerprint density at radius 1 is 1.24 bits per heavy atom. The topological polar surface area (TPSA) is 91.6 Å². The SMILES string of the molecule is CCCNCCNC(=O)c1ccc(S(=O)(=O)N(C)C)o1.Cl. The Hall–Kier alpha value is -1.09. The fraction of sp³-hybridized carbons (Fsp3) is 0.583. The molecule has 1 amide bonds. The van der Waals surface area contributed by atoms with Crippen LogP contribution in [0.5, 0.6) is 0 Å². The highest BCUT2D eigenvalue weighted by Gasteiger charge is 2.23. The van der Waals surface area contributed by atoms with Gasteiger partial charge in [0, 0.05) is 27.2 Å². The first-order valence-corrected chi connectivity index (χ1v) is 7.85. The molecule has 21 heavy (non-hydrogen) atoms. The molecule has 2 N–H and O–H groups in total. The lowest BCUT2D eigenvalue weighted by atomic mass is 10.4. The third-order valence-electron chi connectivity index (χ3n) is 2.55. The molecule has 1 aromatic heterocycles. The van der Waals surface area contributed by atoms with Gasteiger partial charge in [-0.3, -0.25) is 4.79 Å². The van der Waals surface area contributed by atoms with E-state index in [9.17, 15) is 13.2 Å². The van der Waals surface area contributed by atoms with Gasteiger partial charge in [0.25, 0.3) is 15.9 Å². The summed E-state index contributed by atoms with van der Waals surface area (Å²) in [5, 5.41) is 5.55. The van der Waals surface area contributed by atoms with E-state index in [0.717, 1.165) is 17.3 Å². The Bertz CT molecular complexity index is 542. The Balaban J connectivity index is 0.00000400. The first-order chi connectivity index (χ1) is 9.39. The maximum absolute atomic E-state index is 11.8. The fourth-order valence-electron chi connectivity index (χ4n) is 1.41. The van der Waals surface area contributed by atoms with Crippen LogP contribution < -0.4 is 10.6 Å². The molecule has 1 rings (SSSR count). The standard InChI is InChI=1S/C12H21N3O4S.ClH/c1-4-7-13-8-9-14-12(16)10-5-6-11(19-10)20(17,18)15(2)3;/h5-6,13H,4,7-9H2,1-3H3,(H,14,16);1H. The normalized spacial score (nSPS) is 11.2. The van der Waals surface area contributed by atoms with Crippen LogP contribution in [0.2, 0.25) is 0 Å². The van der Waals surface area contributed by atoms with Gasteiger partial charge in [-0.05, 0) is 25.1 Å². The number of sulfonamides is 1. The van der Waals surface area contributed by atoms with E-state index in [-0.39, 0.29) is 23.3 Å². The number of nitrogens with zero attached hydrogens (tertiary/aromatic N) is 1. The quantitative estimate of drug-likeness (QED) is 0.680. The lowest BCUT2D eigenvalue weighted by Gasteiger charge is -2.08. The molecule has 1 heterocycles. The molecule has 0 saturated carbocycles. The van der Waals surface area contributed by atoms with Gasteiger partial charge in [0.1, 0.15) is 0 Å². The molecule has 0 aliphatic rings. The van der Waals surface area contributed by atoms with Crippen LogP contribution in [0.1, 0.15) is 23.9 Å². The highest BCUT2D eigenvalue weighted by atomic mass is 35.5. The summed E-state index contributed by atoms with van der Waals surface area (Å²) >= 11 is 0. The van der Waals surface area contributed by atoms with Gasteiger partial charge in [-0.15, -0.1) is 12.4 Å². The third kappa shape index (κ3) is 5.66. The van der Waals surface area contributed by atoms with Crippen molar-refractivity contribution < 1.29 is 17.6 Å². The molecule has 0 aliphatic carbocycles. The van der Waals surface area contributed by atoms with Gasteiger partial charge in [0.05, 0.1) is 0 Å². The molecule has 0 aromatic carbocycles. The van der Waals surface area contributed by atoms with Crippen LogP contribution in [0, 0.1) is 0 Å². The average molecular weight is 340 g/mol. The van der Waals surface area contributed by atoms with Crippen molar-refractivity contribution in [2.24, 2.45) is 0 Å². The summed E-state index contributed by atoms with van der Waals surface area (Å²) in [6, 6.07) is 2.63. The summed E-state index contributed by atoms with van der Waals surface area (Å²) in [6.45, 7) is 4.06. The lowest BCUT2D eigenvalue weighted by molar-refractivity contribution is 0.0920. The van der Waals surface area contributed by atoms with E-state index < -0.39 is 15.9 Å². The molecule has 0 fully saturated rings. The Morgan fingerprint density at radius 2 is 1.90 bits per heavy atom. The highest BCUT2D eigenvalue weighted by molar-refractivity contribution is 7.88. The van der Waals surface area contributed by atoms with Crippen molar-refractivity contribution >= 4 is 28.3 Å². The number of nitrogens with one attached hydrogen (secondary N) is 2. The minimum absolute atomic E-state index is 0. The van der Waals surface area contributed by atoms with Crippen molar-refractivity contribution in [3.8, 4) is 0 Å². The summed E-state index contributed by atoms with van der Waals surface area (Å²) in [4.78, 5) is 11.7. The van der Waals surface area contributed by atoms with Gasteiger partial charge in [-0.25, -0.2) is 12.7 Å². The maximum atomic E-state index is 11.8. The predicted molar refractivity (Wildman–Crippen MR) is 82.3 cm³/mol. The molecule has 7 nitrogen and oxygen atoms in total. The summed E-state index contributed by atoms with van der Waals surface area (Å²) < 4.78 is 29.7. The minimum Gasteiger partial charge on any atom is -0.438 e. The number of furan rings is 1. The maximum Gasteiger partial charge on any atom is 0.287 e. The van der Waals surface area contributed by atoms with Crippen molar-refractivity contribution in [3.63, 3.8) is 0 Å². The molecule has 0 saturated heterocycles. The summed E-state index contributed by atoms with van der Waals surface area (Å²) in [7, 11) is -0.848. The van der Waals surface area contributed by atoms with Crippen molar-refractivity contribution in [1.29, 1.82) is 0 Å². The monoisotopic (exact) mass is 339 g/mol. The van der Waals surface area contributed by atoms with E-state index in [1.807, 2.05) is 0 Å². The van der Waals surface area contributed by atoms with Crippen LogP contribution in [-0.2, 0) is 10.0 Å². The van der Waals surface area contributed by atoms with E-state index in [1.54, 1.807) is 0 Å². The average Bonchev–Trinajstić information content (AvgIpc) is 2.88. The highest BCUT2D eigenvalue weighted by Crippen LogP contribution is 2.16. The van der Waals surface area contributed by atoms with Gasteiger partial charge in [-0.2, -0.15) is 0 Å². The van der Waals surface area contributed by atoms with Crippen LogP contribution >= 0.6 is 12.4 Å². The zero-order valence-electron chi connectivity index (χ0n) is 12.4. The first kappa shape index (κ1) is 19.9. The second-order valence-corrected chi connectivity index (χ2v) is 6.49. The molecule has 0 aliphatic heterocycles. The minimum atomic E-state index is -3.65. The first-order valence-electron chi connectivity index (χ1n) is 6.41. The number of carbonyl (C=O) groups excluding carboxylic acids is 1. The number of rotatable bonds is 8. The molecular weight excluding hydrogens is 318 g/mol. The second-order valence-electron chi connectivity index (χ2n) is 4.41. The molecule has 9 heteroatoms. The number of amides is 1. The van der Waals surface area contributed by atoms with Crippen LogP contribution in [0.4, 0.5) is 0 Å². The van der Waals surface area contributed by atoms with E-state index >= 15 is 0 Å². The molecule has 0 bridgehead atoms. The fourth-order valence-corrected chi connectivity index (χ4v) is 2.21. The summed E-state index contributed by atoms with van der Waals surface area (Å²) in [6.07, 6.45) is 1.03. The van der Waals surface area contributed by atoms with Crippen LogP contribution in [0.3, 0.4) is 0 Å². The lowest BCUT2D eigenvalue weighted by Crippen LogP contribution is -2.31.